The minimum atomic E-state index is 1.00. The van der Waals surface area contributed by atoms with Gasteiger partial charge in [0.05, 0.1) is 52.9 Å². The Bertz CT molecular complexity index is 99.2. The van der Waals surface area contributed by atoms with Crippen molar-refractivity contribution < 1.29 is 23.7 Å². The smallest absolute Gasteiger partial charge is 0.0701 e. The van der Waals surface area contributed by atoms with Gasteiger partial charge in [0, 0.05) is 13.2 Å². The molecule has 0 atom stereocenters. The van der Waals surface area contributed by atoms with E-state index in [0.717, 1.165) is 66.1 Å². The lowest BCUT2D eigenvalue weighted by Crippen LogP contribution is -1.74. The lowest BCUT2D eigenvalue weighted by atomic mass is 10.4. The lowest BCUT2D eigenvalue weighted by molar-refractivity contribution is 0.198. The zero-order valence-electron chi connectivity index (χ0n) is 10.5. The van der Waals surface area contributed by atoms with Crippen LogP contribution in [0.5, 0.6) is 0 Å². The van der Waals surface area contributed by atoms with Crippen molar-refractivity contribution in [2.45, 2.75) is 12.8 Å². The molecule has 0 aliphatic carbocycles. The molecule has 0 amide bonds. The fourth-order valence-electron chi connectivity index (χ4n) is 0.510. The van der Waals surface area contributed by atoms with Gasteiger partial charge in [-0.05, 0) is 12.8 Å². The first-order chi connectivity index (χ1) is 8.50. The number of hydrogen-bond donors (Lipinski definition) is 0. The molecule has 5 aliphatic heterocycles. The summed E-state index contributed by atoms with van der Waals surface area (Å²) in [5.74, 6) is 0. The van der Waals surface area contributed by atoms with Crippen LogP contribution in [0.4, 0.5) is 0 Å². The van der Waals surface area contributed by atoms with Crippen molar-refractivity contribution in [3.63, 3.8) is 0 Å². The molecule has 102 valence electrons. The van der Waals surface area contributed by atoms with Crippen LogP contribution in [0.25, 0.3) is 0 Å². The molecule has 0 bridgehead atoms. The summed E-state index contributed by atoms with van der Waals surface area (Å²) >= 11 is 0. The van der Waals surface area contributed by atoms with E-state index in [4.69, 9.17) is 4.74 Å². The molecule has 5 rings (SSSR count). The van der Waals surface area contributed by atoms with Crippen LogP contribution < -0.4 is 0 Å². The summed E-state index contributed by atoms with van der Waals surface area (Å²) < 4.78 is 22.9. The second kappa shape index (κ2) is 12.3. The van der Waals surface area contributed by atoms with Gasteiger partial charge in [-0.25, -0.2) is 0 Å². The van der Waals surface area contributed by atoms with E-state index in [1.54, 1.807) is 0 Å². The largest absolute Gasteiger partial charge is 0.381 e. The van der Waals surface area contributed by atoms with Gasteiger partial charge in [0.2, 0.25) is 0 Å². The van der Waals surface area contributed by atoms with Crippen molar-refractivity contribution in [3.05, 3.63) is 0 Å². The maximum atomic E-state index is 4.94. The molecular formula is C12H24O5. The van der Waals surface area contributed by atoms with Crippen molar-refractivity contribution >= 4 is 0 Å². The Morgan fingerprint density at radius 2 is 0.529 bits per heavy atom. The summed E-state index contributed by atoms with van der Waals surface area (Å²) in [6.45, 7) is 10.0. The molecule has 0 saturated carbocycles. The topological polar surface area (TPSA) is 59.4 Å². The predicted molar refractivity (Wildman–Crippen MR) is 63.3 cm³/mol. The third kappa shape index (κ3) is 38.9. The highest BCUT2D eigenvalue weighted by Crippen LogP contribution is 1.98. The van der Waals surface area contributed by atoms with Crippen LogP contribution in [-0.4, -0.2) is 66.1 Å². The summed E-state index contributed by atoms with van der Waals surface area (Å²) in [4.78, 5) is 0. The molecule has 0 aromatic heterocycles. The van der Waals surface area contributed by atoms with E-state index in [1.165, 1.54) is 12.8 Å². The molecule has 5 heterocycles. The maximum Gasteiger partial charge on any atom is 0.0701 e. The van der Waals surface area contributed by atoms with Crippen LogP contribution in [0, 0.1) is 0 Å². The van der Waals surface area contributed by atoms with Gasteiger partial charge in [0.1, 0.15) is 0 Å². The Morgan fingerprint density at radius 3 is 0.588 bits per heavy atom. The molecule has 5 heteroatoms. The van der Waals surface area contributed by atoms with Crippen molar-refractivity contribution in [1.82, 2.24) is 0 Å². The summed E-state index contributed by atoms with van der Waals surface area (Å²) in [7, 11) is 0. The molecule has 0 N–H and O–H groups in total. The first kappa shape index (κ1) is 14.9. The highest BCUT2D eigenvalue weighted by Gasteiger charge is 1.95. The van der Waals surface area contributed by atoms with Crippen LogP contribution in [0.1, 0.15) is 12.8 Å². The molecule has 5 saturated heterocycles. The van der Waals surface area contributed by atoms with Gasteiger partial charge in [-0.1, -0.05) is 0 Å². The van der Waals surface area contributed by atoms with Gasteiger partial charge < -0.3 is 23.7 Å². The van der Waals surface area contributed by atoms with Gasteiger partial charge in [0.25, 0.3) is 0 Å². The molecule has 0 radical (unpaired) electrons. The summed E-state index contributed by atoms with van der Waals surface area (Å²) in [6.07, 6.45) is 2.56. The molecule has 0 spiro atoms. The SMILES string of the molecule is C1CCOC1.C1CO1.C1CO1.C1CO1.C1CO1. The Balaban J connectivity index is 0.000000108. The van der Waals surface area contributed by atoms with E-state index in [9.17, 15) is 0 Å². The first-order valence-corrected chi connectivity index (χ1v) is 6.39. The highest BCUT2D eigenvalue weighted by atomic mass is 16.6. The second-order valence-corrected chi connectivity index (χ2v) is 3.77. The molecule has 0 aromatic rings. The summed E-state index contributed by atoms with van der Waals surface area (Å²) in [5.41, 5.74) is 0. The molecule has 0 aromatic carbocycles. The minimum Gasteiger partial charge on any atom is -0.381 e. The van der Waals surface area contributed by atoms with E-state index in [-0.39, 0.29) is 0 Å². The van der Waals surface area contributed by atoms with E-state index in [2.05, 4.69) is 18.9 Å². The van der Waals surface area contributed by atoms with Crippen LogP contribution in [0.3, 0.4) is 0 Å². The zero-order valence-corrected chi connectivity index (χ0v) is 10.5. The Morgan fingerprint density at radius 1 is 0.294 bits per heavy atom. The molecule has 17 heavy (non-hydrogen) atoms. The molecule has 5 nitrogen and oxygen atoms in total. The molecule has 0 unspecified atom stereocenters. The highest BCUT2D eigenvalue weighted by molar-refractivity contribution is 4.43. The first-order valence-electron chi connectivity index (χ1n) is 6.39. The third-order valence-corrected chi connectivity index (χ3v) is 1.64. The van der Waals surface area contributed by atoms with E-state index >= 15 is 0 Å². The predicted octanol–water partition coefficient (Wildman–Crippen LogP) is 0.863. The fraction of sp³-hybridized carbons (Fsp3) is 1.00. The van der Waals surface area contributed by atoms with Gasteiger partial charge in [-0.15, -0.1) is 0 Å². The number of hydrogen-bond acceptors (Lipinski definition) is 5. The lowest BCUT2D eigenvalue weighted by Gasteiger charge is -1.76. The third-order valence-electron chi connectivity index (χ3n) is 1.64. The monoisotopic (exact) mass is 248 g/mol. The number of epoxide rings is 4. The van der Waals surface area contributed by atoms with Crippen LogP contribution in [-0.2, 0) is 23.7 Å². The van der Waals surface area contributed by atoms with Crippen molar-refractivity contribution in [1.29, 1.82) is 0 Å². The van der Waals surface area contributed by atoms with Gasteiger partial charge in [-0.3, -0.25) is 0 Å². The number of rotatable bonds is 0. The Labute approximate surface area is 103 Å². The van der Waals surface area contributed by atoms with Crippen LogP contribution in [0.15, 0.2) is 0 Å². The van der Waals surface area contributed by atoms with Crippen molar-refractivity contribution in [2.75, 3.05) is 66.1 Å². The summed E-state index contributed by atoms with van der Waals surface area (Å²) in [6, 6.07) is 0. The molecule has 5 fully saturated rings. The van der Waals surface area contributed by atoms with E-state index < -0.39 is 0 Å². The van der Waals surface area contributed by atoms with Gasteiger partial charge in [0.15, 0.2) is 0 Å². The quantitative estimate of drug-likeness (QED) is 0.595. The van der Waals surface area contributed by atoms with Gasteiger partial charge >= 0.3 is 0 Å². The maximum absolute atomic E-state index is 4.94. The van der Waals surface area contributed by atoms with Crippen LogP contribution >= 0.6 is 0 Å². The fourth-order valence-corrected chi connectivity index (χ4v) is 0.510. The second-order valence-electron chi connectivity index (χ2n) is 3.77. The molecule has 5 aliphatic rings. The van der Waals surface area contributed by atoms with E-state index in [1.807, 2.05) is 0 Å². The standard InChI is InChI=1S/C4H8O.4C2H4O/c1-2-4-5-3-1;4*1-2-3-1/h1-4H2;4*1-2H2. The van der Waals surface area contributed by atoms with E-state index in [0.29, 0.717) is 0 Å². The average Bonchev–Trinajstić information content (AvgIpc) is 3.15. The zero-order chi connectivity index (χ0) is 12.0. The Kier molecular flexibility index (Phi) is 10.7. The summed E-state index contributed by atoms with van der Waals surface area (Å²) in [5, 5.41) is 0. The average molecular weight is 248 g/mol. The van der Waals surface area contributed by atoms with Crippen molar-refractivity contribution in [3.8, 4) is 0 Å². The Hall–Kier alpha value is -0.200. The molecular weight excluding hydrogens is 224 g/mol. The normalized spacial score (nSPS) is 24.0. The minimum absolute atomic E-state index is 1.00. The van der Waals surface area contributed by atoms with Crippen molar-refractivity contribution in [2.24, 2.45) is 0 Å². The van der Waals surface area contributed by atoms with Gasteiger partial charge in [-0.2, -0.15) is 0 Å². The number of ether oxygens (including phenoxy) is 5. The van der Waals surface area contributed by atoms with Crippen LogP contribution in [0.2, 0.25) is 0 Å².